The van der Waals surface area contributed by atoms with E-state index in [0.29, 0.717) is 12.2 Å². The monoisotopic (exact) mass is 186 g/mol. The summed E-state index contributed by atoms with van der Waals surface area (Å²) >= 11 is 0. The fourth-order valence-electron chi connectivity index (χ4n) is 1.25. The van der Waals surface area contributed by atoms with Gasteiger partial charge in [0, 0.05) is 18.7 Å². The number of rotatable bonds is 2. The molecule has 0 fully saturated rings. The number of hydrogen-bond donors (Lipinski definition) is 1. The van der Waals surface area contributed by atoms with E-state index in [0.717, 1.165) is 5.56 Å². The molecule has 1 aromatic heterocycles. The van der Waals surface area contributed by atoms with E-state index in [-0.39, 0.29) is 5.88 Å². The SMILES string of the molecule is Oc1ccnc(Cc2ccccc2)n1. The summed E-state index contributed by atoms with van der Waals surface area (Å²) in [5.41, 5.74) is 1.14. The lowest BCUT2D eigenvalue weighted by atomic mass is 10.1. The summed E-state index contributed by atoms with van der Waals surface area (Å²) in [6.45, 7) is 0. The van der Waals surface area contributed by atoms with Crippen molar-refractivity contribution in [2.24, 2.45) is 0 Å². The minimum Gasteiger partial charge on any atom is -0.493 e. The predicted molar refractivity (Wildman–Crippen MR) is 52.9 cm³/mol. The quantitative estimate of drug-likeness (QED) is 0.777. The van der Waals surface area contributed by atoms with Gasteiger partial charge in [0.15, 0.2) is 0 Å². The molecule has 0 saturated heterocycles. The predicted octanol–water partition coefficient (Wildman–Crippen LogP) is 1.77. The first-order valence-corrected chi connectivity index (χ1v) is 4.39. The first-order valence-electron chi connectivity index (χ1n) is 4.39. The molecule has 70 valence electrons. The Balaban J connectivity index is 2.19. The highest BCUT2D eigenvalue weighted by Gasteiger charge is 1.98. The van der Waals surface area contributed by atoms with Crippen LogP contribution >= 0.6 is 0 Å². The number of aromatic hydroxyl groups is 1. The molecule has 1 aromatic carbocycles. The Labute approximate surface area is 82.1 Å². The molecule has 0 atom stereocenters. The second-order valence-corrected chi connectivity index (χ2v) is 2.99. The Morgan fingerprint density at radius 1 is 1.07 bits per heavy atom. The highest BCUT2D eigenvalue weighted by atomic mass is 16.3. The average molecular weight is 186 g/mol. The number of aromatic nitrogens is 2. The van der Waals surface area contributed by atoms with E-state index in [1.807, 2.05) is 30.3 Å². The van der Waals surface area contributed by atoms with E-state index in [1.54, 1.807) is 6.20 Å². The number of nitrogens with zero attached hydrogens (tertiary/aromatic N) is 2. The smallest absolute Gasteiger partial charge is 0.214 e. The van der Waals surface area contributed by atoms with Crippen molar-refractivity contribution < 1.29 is 5.11 Å². The third-order valence-electron chi connectivity index (χ3n) is 1.90. The molecule has 0 aliphatic heterocycles. The highest BCUT2D eigenvalue weighted by molar-refractivity contribution is 5.19. The molecule has 0 radical (unpaired) electrons. The van der Waals surface area contributed by atoms with Gasteiger partial charge >= 0.3 is 0 Å². The summed E-state index contributed by atoms with van der Waals surface area (Å²) in [5.74, 6) is 0.655. The summed E-state index contributed by atoms with van der Waals surface area (Å²) in [6.07, 6.45) is 2.20. The van der Waals surface area contributed by atoms with Crippen LogP contribution < -0.4 is 0 Å². The molecule has 2 rings (SSSR count). The van der Waals surface area contributed by atoms with Crippen LogP contribution in [0.2, 0.25) is 0 Å². The first-order chi connectivity index (χ1) is 6.84. The van der Waals surface area contributed by atoms with Crippen molar-refractivity contribution in [2.75, 3.05) is 0 Å². The van der Waals surface area contributed by atoms with E-state index in [2.05, 4.69) is 9.97 Å². The Hall–Kier alpha value is -1.90. The molecular formula is C11H10N2O. The molecule has 0 amide bonds. The molecule has 1 heterocycles. The lowest BCUT2D eigenvalue weighted by Crippen LogP contribution is -1.94. The maximum Gasteiger partial charge on any atom is 0.214 e. The van der Waals surface area contributed by atoms with Crippen molar-refractivity contribution in [3.8, 4) is 5.88 Å². The summed E-state index contributed by atoms with van der Waals surface area (Å²) in [7, 11) is 0. The lowest BCUT2D eigenvalue weighted by Gasteiger charge is -1.99. The van der Waals surface area contributed by atoms with Gasteiger partial charge in [-0.15, -0.1) is 0 Å². The highest BCUT2D eigenvalue weighted by Crippen LogP contribution is 2.07. The van der Waals surface area contributed by atoms with Gasteiger partial charge in [0.1, 0.15) is 5.82 Å². The summed E-state index contributed by atoms with van der Waals surface area (Å²) < 4.78 is 0. The molecule has 3 nitrogen and oxygen atoms in total. The van der Waals surface area contributed by atoms with Gasteiger partial charge in [-0.25, -0.2) is 4.98 Å². The maximum atomic E-state index is 9.14. The lowest BCUT2D eigenvalue weighted by molar-refractivity contribution is 0.449. The Kier molecular flexibility index (Phi) is 2.40. The molecule has 3 heteroatoms. The topological polar surface area (TPSA) is 46.0 Å². The molecule has 0 spiro atoms. The summed E-state index contributed by atoms with van der Waals surface area (Å²) in [4.78, 5) is 7.98. The molecule has 2 aromatic rings. The molecule has 1 N–H and O–H groups in total. The van der Waals surface area contributed by atoms with E-state index in [4.69, 9.17) is 5.11 Å². The summed E-state index contributed by atoms with van der Waals surface area (Å²) in [6, 6.07) is 11.4. The van der Waals surface area contributed by atoms with Crippen LogP contribution in [-0.2, 0) is 6.42 Å². The van der Waals surface area contributed by atoms with Crippen LogP contribution in [0.15, 0.2) is 42.6 Å². The van der Waals surface area contributed by atoms with Gasteiger partial charge in [0.2, 0.25) is 5.88 Å². The Morgan fingerprint density at radius 3 is 2.57 bits per heavy atom. The van der Waals surface area contributed by atoms with E-state index in [9.17, 15) is 0 Å². The molecule has 14 heavy (non-hydrogen) atoms. The van der Waals surface area contributed by atoms with Gasteiger partial charge in [-0.2, -0.15) is 4.98 Å². The van der Waals surface area contributed by atoms with Crippen LogP contribution in [0.4, 0.5) is 0 Å². The van der Waals surface area contributed by atoms with Gasteiger partial charge in [-0.3, -0.25) is 0 Å². The fraction of sp³-hybridized carbons (Fsp3) is 0.0909. The van der Waals surface area contributed by atoms with Crippen molar-refractivity contribution in [3.63, 3.8) is 0 Å². The van der Waals surface area contributed by atoms with Crippen LogP contribution in [0.25, 0.3) is 0 Å². The van der Waals surface area contributed by atoms with Crippen molar-refractivity contribution in [3.05, 3.63) is 54.0 Å². The fourth-order valence-corrected chi connectivity index (χ4v) is 1.25. The normalized spacial score (nSPS) is 10.0. The van der Waals surface area contributed by atoms with Crippen molar-refractivity contribution >= 4 is 0 Å². The van der Waals surface area contributed by atoms with Crippen molar-refractivity contribution in [2.45, 2.75) is 6.42 Å². The zero-order valence-electron chi connectivity index (χ0n) is 7.59. The standard InChI is InChI=1S/C11H10N2O/c14-11-6-7-12-10(13-11)8-9-4-2-1-3-5-9/h1-7H,8H2,(H,12,13,14). The van der Waals surface area contributed by atoms with E-state index >= 15 is 0 Å². The number of hydrogen-bond acceptors (Lipinski definition) is 3. The van der Waals surface area contributed by atoms with Crippen LogP contribution in [0.5, 0.6) is 5.88 Å². The van der Waals surface area contributed by atoms with Gasteiger partial charge in [-0.05, 0) is 5.56 Å². The Morgan fingerprint density at radius 2 is 1.86 bits per heavy atom. The van der Waals surface area contributed by atoms with Crippen LogP contribution in [0, 0.1) is 0 Å². The molecule has 0 bridgehead atoms. The number of benzene rings is 1. The minimum atomic E-state index is 0.0194. The maximum absolute atomic E-state index is 9.14. The van der Waals surface area contributed by atoms with Crippen molar-refractivity contribution in [1.82, 2.24) is 9.97 Å². The largest absolute Gasteiger partial charge is 0.493 e. The van der Waals surface area contributed by atoms with Crippen LogP contribution in [-0.4, -0.2) is 15.1 Å². The molecule has 0 saturated carbocycles. The summed E-state index contributed by atoms with van der Waals surface area (Å²) in [5, 5.41) is 9.14. The van der Waals surface area contributed by atoms with Crippen LogP contribution in [0.1, 0.15) is 11.4 Å². The van der Waals surface area contributed by atoms with Gasteiger partial charge in [0.25, 0.3) is 0 Å². The zero-order chi connectivity index (χ0) is 9.80. The van der Waals surface area contributed by atoms with Gasteiger partial charge in [0.05, 0.1) is 0 Å². The van der Waals surface area contributed by atoms with Crippen molar-refractivity contribution in [1.29, 1.82) is 0 Å². The molecule has 0 unspecified atom stereocenters. The third kappa shape index (κ3) is 2.07. The van der Waals surface area contributed by atoms with E-state index < -0.39 is 0 Å². The van der Waals surface area contributed by atoms with E-state index in [1.165, 1.54) is 6.07 Å². The zero-order valence-corrected chi connectivity index (χ0v) is 7.59. The Bertz CT molecular complexity index is 415. The third-order valence-corrected chi connectivity index (χ3v) is 1.90. The molecule has 0 aliphatic rings. The molecular weight excluding hydrogens is 176 g/mol. The van der Waals surface area contributed by atoms with Crippen LogP contribution in [0.3, 0.4) is 0 Å². The van der Waals surface area contributed by atoms with Gasteiger partial charge in [-0.1, -0.05) is 30.3 Å². The minimum absolute atomic E-state index is 0.0194. The molecule has 0 aliphatic carbocycles. The second kappa shape index (κ2) is 3.87. The first kappa shape index (κ1) is 8.69. The average Bonchev–Trinajstić information content (AvgIpc) is 2.19. The second-order valence-electron chi connectivity index (χ2n) is 2.99. The van der Waals surface area contributed by atoms with Gasteiger partial charge < -0.3 is 5.11 Å².